The molecule has 3 rings (SSSR count). The lowest BCUT2D eigenvalue weighted by molar-refractivity contribution is 0.199. The molecule has 1 aliphatic heterocycles. The van der Waals surface area contributed by atoms with Gasteiger partial charge in [0.1, 0.15) is 5.82 Å². The molecular weight excluding hydrogens is 248 g/mol. The molecule has 1 unspecified atom stereocenters. The highest BCUT2D eigenvalue weighted by atomic mass is 16.3. The summed E-state index contributed by atoms with van der Waals surface area (Å²) in [4.78, 5) is 4.73. The molecule has 2 aromatic rings. The van der Waals surface area contributed by atoms with Crippen LogP contribution in [0.15, 0.2) is 36.5 Å². The minimum Gasteiger partial charge on any atom is -0.396 e. The number of hydrogen-bond donors (Lipinski definition) is 1. The maximum Gasteiger partial charge on any atom is 0.109 e. The Hall–Kier alpha value is -1.87. The maximum absolute atomic E-state index is 9.28. The molecule has 0 fully saturated rings. The quantitative estimate of drug-likeness (QED) is 0.928. The maximum atomic E-state index is 9.28. The third-order valence-corrected chi connectivity index (χ3v) is 3.93. The third-order valence-electron chi connectivity index (χ3n) is 3.93. The minimum atomic E-state index is 0.264. The van der Waals surface area contributed by atoms with Gasteiger partial charge in [0.15, 0.2) is 0 Å². The van der Waals surface area contributed by atoms with E-state index in [1.807, 2.05) is 13.0 Å². The van der Waals surface area contributed by atoms with E-state index in [0.29, 0.717) is 5.92 Å². The summed E-state index contributed by atoms with van der Waals surface area (Å²) in [6.07, 6.45) is 8.19. The standard InChI is InChI=1S/C17H20N2O/c1-2-3-13-4-6-15(7-5-13)16-11-19-9-8-14(12-20)10-17(19)18-16/h2-7,11,14,20H,8-10,12H2,1H3/b3-2+. The number of allylic oxidation sites excluding steroid dienone is 1. The number of aromatic nitrogens is 2. The van der Waals surface area contributed by atoms with Crippen LogP contribution in [0.2, 0.25) is 0 Å². The topological polar surface area (TPSA) is 38.0 Å². The van der Waals surface area contributed by atoms with Gasteiger partial charge >= 0.3 is 0 Å². The normalized spacial score (nSPS) is 18.4. The van der Waals surface area contributed by atoms with E-state index < -0.39 is 0 Å². The monoisotopic (exact) mass is 268 g/mol. The van der Waals surface area contributed by atoms with Crippen LogP contribution in [-0.2, 0) is 13.0 Å². The summed E-state index contributed by atoms with van der Waals surface area (Å²) in [6, 6.07) is 8.47. The number of aryl methyl sites for hydroxylation is 1. The molecule has 0 radical (unpaired) electrons. The van der Waals surface area contributed by atoms with E-state index in [-0.39, 0.29) is 6.61 Å². The Morgan fingerprint density at radius 1 is 1.35 bits per heavy atom. The fraction of sp³-hybridized carbons (Fsp3) is 0.353. The third kappa shape index (κ3) is 2.54. The van der Waals surface area contributed by atoms with Crippen LogP contribution in [-0.4, -0.2) is 21.3 Å². The predicted molar refractivity (Wildman–Crippen MR) is 81.3 cm³/mol. The molecule has 3 nitrogen and oxygen atoms in total. The van der Waals surface area contributed by atoms with E-state index in [1.54, 1.807) is 0 Å². The molecule has 0 aliphatic carbocycles. The first-order valence-electron chi connectivity index (χ1n) is 7.20. The van der Waals surface area contributed by atoms with Gasteiger partial charge in [-0.15, -0.1) is 0 Å². The molecule has 0 amide bonds. The second-order valence-corrected chi connectivity index (χ2v) is 5.40. The lowest BCUT2D eigenvalue weighted by Crippen LogP contribution is -2.21. The highest BCUT2D eigenvalue weighted by molar-refractivity contribution is 5.62. The highest BCUT2D eigenvalue weighted by Gasteiger charge is 2.20. The first kappa shape index (κ1) is 13.1. The second kappa shape index (κ2) is 5.63. The summed E-state index contributed by atoms with van der Waals surface area (Å²) in [6.45, 7) is 3.25. The van der Waals surface area contributed by atoms with Crippen LogP contribution >= 0.6 is 0 Å². The van der Waals surface area contributed by atoms with Gasteiger partial charge in [0.2, 0.25) is 0 Å². The zero-order chi connectivity index (χ0) is 13.9. The number of aliphatic hydroxyl groups excluding tert-OH is 1. The number of imidazole rings is 1. The van der Waals surface area contributed by atoms with Crippen molar-refractivity contribution in [3.63, 3.8) is 0 Å². The first-order valence-corrected chi connectivity index (χ1v) is 7.20. The van der Waals surface area contributed by atoms with E-state index >= 15 is 0 Å². The Morgan fingerprint density at radius 3 is 2.85 bits per heavy atom. The van der Waals surface area contributed by atoms with Crippen LogP contribution in [0.1, 0.15) is 24.7 Å². The Bertz CT molecular complexity index is 610. The summed E-state index contributed by atoms with van der Waals surface area (Å²) in [7, 11) is 0. The van der Waals surface area contributed by atoms with Crippen molar-refractivity contribution in [2.75, 3.05) is 6.61 Å². The number of benzene rings is 1. The lowest BCUT2D eigenvalue weighted by atomic mass is 9.99. The van der Waals surface area contributed by atoms with Crippen molar-refractivity contribution < 1.29 is 5.11 Å². The van der Waals surface area contributed by atoms with Gasteiger partial charge in [0.25, 0.3) is 0 Å². The number of rotatable bonds is 3. The molecule has 20 heavy (non-hydrogen) atoms. The Balaban J connectivity index is 1.86. The predicted octanol–water partition coefficient (Wildman–Crippen LogP) is 3.14. The van der Waals surface area contributed by atoms with E-state index in [0.717, 1.165) is 36.5 Å². The van der Waals surface area contributed by atoms with Crippen molar-refractivity contribution in [2.24, 2.45) is 5.92 Å². The first-order chi connectivity index (χ1) is 9.80. The number of nitrogens with zero attached hydrogens (tertiary/aromatic N) is 2. The van der Waals surface area contributed by atoms with Crippen LogP contribution in [0.25, 0.3) is 17.3 Å². The lowest BCUT2D eigenvalue weighted by Gasteiger charge is -2.20. The minimum absolute atomic E-state index is 0.264. The largest absolute Gasteiger partial charge is 0.396 e. The molecule has 1 N–H and O–H groups in total. The van der Waals surface area contributed by atoms with Gasteiger partial charge in [-0.25, -0.2) is 4.98 Å². The molecule has 3 heteroatoms. The zero-order valence-electron chi connectivity index (χ0n) is 11.8. The van der Waals surface area contributed by atoms with Crippen molar-refractivity contribution in [2.45, 2.75) is 26.3 Å². The molecule has 1 aliphatic rings. The van der Waals surface area contributed by atoms with Crippen molar-refractivity contribution in [3.8, 4) is 11.3 Å². The van der Waals surface area contributed by atoms with Gasteiger partial charge in [-0.3, -0.25) is 0 Å². The average Bonchev–Trinajstić information content (AvgIpc) is 2.91. The number of hydrogen-bond acceptors (Lipinski definition) is 2. The smallest absolute Gasteiger partial charge is 0.109 e. The Labute approximate surface area is 119 Å². The van der Waals surface area contributed by atoms with Crippen LogP contribution in [0.4, 0.5) is 0 Å². The van der Waals surface area contributed by atoms with Crippen LogP contribution in [0.3, 0.4) is 0 Å². The van der Waals surface area contributed by atoms with E-state index in [2.05, 4.69) is 41.1 Å². The van der Waals surface area contributed by atoms with Gasteiger partial charge in [-0.2, -0.15) is 0 Å². The summed E-state index contributed by atoms with van der Waals surface area (Å²) in [5.41, 5.74) is 3.40. The van der Waals surface area contributed by atoms with Crippen molar-refractivity contribution in [1.29, 1.82) is 0 Å². The van der Waals surface area contributed by atoms with Gasteiger partial charge in [0.05, 0.1) is 5.69 Å². The summed E-state index contributed by atoms with van der Waals surface area (Å²) in [5, 5.41) is 9.28. The summed E-state index contributed by atoms with van der Waals surface area (Å²) in [5.74, 6) is 1.47. The van der Waals surface area contributed by atoms with E-state index in [4.69, 9.17) is 4.98 Å². The zero-order valence-corrected chi connectivity index (χ0v) is 11.8. The van der Waals surface area contributed by atoms with Gasteiger partial charge in [0, 0.05) is 31.3 Å². The average molecular weight is 268 g/mol. The Morgan fingerprint density at radius 2 is 2.15 bits per heavy atom. The molecule has 0 saturated carbocycles. The summed E-state index contributed by atoms with van der Waals surface area (Å²) >= 11 is 0. The SMILES string of the molecule is C/C=C/c1ccc(-c2cn3c(n2)CC(CO)CC3)cc1. The molecule has 0 spiro atoms. The highest BCUT2D eigenvalue weighted by Crippen LogP contribution is 2.25. The number of fused-ring (bicyclic) bond motifs is 1. The molecular formula is C17H20N2O. The molecule has 0 bridgehead atoms. The van der Waals surface area contributed by atoms with Gasteiger partial charge in [-0.1, -0.05) is 36.4 Å². The van der Waals surface area contributed by atoms with E-state index in [9.17, 15) is 5.11 Å². The molecule has 0 saturated heterocycles. The van der Waals surface area contributed by atoms with Crippen molar-refractivity contribution in [3.05, 3.63) is 47.9 Å². The van der Waals surface area contributed by atoms with Gasteiger partial charge < -0.3 is 9.67 Å². The molecule has 1 aromatic heterocycles. The fourth-order valence-corrected chi connectivity index (χ4v) is 2.75. The second-order valence-electron chi connectivity index (χ2n) is 5.40. The fourth-order valence-electron chi connectivity index (χ4n) is 2.75. The van der Waals surface area contributed by atoms with Crippen LogP contribution in [0.5, 0.6) is 0 Å². The number of aliphatic hydroxyl groups is 1. The van der Waals surface area contributed by atoms with Crippen LogP contribution in [0, 0.1) is 5.92 Å². The van der Waals surface area contributed by atoms with Gasteiger partial charge in [-0.05, 0) is 24.8 Å². The molecule has 1 aromatic carbocycles. The molecule has 1 atom stereocenters. The van der Waals surface area contributed by atoms with Crippen molar-refractivity contribution in [1.82, 2.24) is 9.55 Å². The van der Waals surface area contributed by atoms with Crippen LogP contribution < -0.4 is 0 Å². The summed E-state index contributed by atoms with van der Waals surface area (Å²) < 4.78 is 2.22. The van der Waals surface area contributed by atoms with E-state index in [1.165, 1.54) is 5.56 Å². The molecule has 2 heterocycles. The Kier molecular flexibility index (Phi) is 3.70. The molecule has 104 valence electrons. The van der Waals surface area contributed by atoms with Crippen molar-refractivity contribution >= 4 is 6.08 Å².